The van der Waals surface area contributed by atoms with Crippen LogP contribution in [0.15, 0.2) is 46.1 Å². The number of nitrogens with zero attached hydrogens (tertiary/aromatic N) is 2. The SMILES string of the molecule is CC(C)n1cc(C(=O)O)c(=O)n(-c2ccccc2)c1=O. The summed E-state index contributed by atoms with van der Waals surface area (Å²) >= 11 is 0. The minimum Gasteiger partial charge on any atom is -0.477 e. The van der Waals surface area contributed by atoms with Gasteiger partial charge >= 0.3 is 11.7 Å². The van der Waals surface area contributed by atoms with Crippen molar-refractivity contribution in [1.29, 1.82) is 0 Å². The largest absolute Gasteiger partial charge is 0.477 e. The first-order valence-electron chi connectivity index (χ1n) is 6.10. The topological polar surface area (TPSA) is 81.3 Å². The molecule has 1 heterocycles. The van der Waals surface area contributed by atoms with Crippen molar-refractivity contribution in [2.75, 3.05) is 0 Å². The number of aromatic carboxylic acids is 1. The van der Waals surface area contributed by atoms with Gasteiger partial charge in [0.2, 0.25) is 0 Å². The van der Waals surface area contributed by atoms with Crippen molar-refractivity contribution in [2.45, 2.75) is 19.9 Å². The summed E-state index contributed by atoms with van der Waals surface area (Å²) in [6.45, 7) is 3.49. The molecule has 2 rings (SSSR count). The number of hydrogen-bond acceptors (Lipinski definition) is 3. The molecular weight excluding hydrogens is 260 g/mol. The highest BCUT2D eigenvalue weighted by molar-refractivity contribution is 5.86. The van der Waals surface area contributed by atoms with E-state index in [1.165, 1.54) is 4.57 Å². The number of carbonyl (C=O) groups is 1. The summed E-state index contributed by atoms with van der Waals surface area (Å²) in [6, 6.07) is 8.01. The zero-order chi connectivity index (χ0) is 14.9. The molecule has 0 saturated carbocycles. The van der Waals surface area contributed by atoms with Gasteiger partial charge in [-0.25, -0.2) is 14.2 Å². The maximum Gasteiger partial charge on any atom is 0.342 e. The van der Waals surface area contributed by atoms with Crippen LogP contribution < -0.4 is 11.2 Å². The average molecular weight is 274 g/mol. The molecule has 0 saturated heterocycles. The summed E-state index contributed by atoms with van der Waals surface area (Å²) < 4.78 is 2.11. The molecule has 0 aliphatic rings. The molecular formula is C14H14N2O4. The van der Waals surface area contributed by atoms with Gasteiger partial charge in [0, 0.05) is 12.2 Å². The molecule has 6 nitrogen and oxygen atoms in total. The Morgan fingerprint density at radius 2 is 1.75 bits per heavy atom. The highest BCUT2D eigenvalue weighted by atomic mass is 16.4. The van der Waals surface area contributed by atoms with E-state index < -0.39 is 22.8 Å². The zero-order valence-corrected chi connectivity index (χ0v) is 11.1. The van der Waals surface area contributed by atoms with Crippen molar-refractivity contribution in [3.8, 4) is 5.69 Å². The predicted octanol–water partition coefficient (Wildman–Crippen LogP) is 1.28. The Kier molecular flexibility index (Phi) is 3.56. The highest BCUT2D eigenvalue weighted by Gasteiger charge is 2.18. The van der Waals surface area contributed by atoms with Gasteiger partial charge in [0.05, 0.1) is 5.69 Å². The summed E-state index contributed by atoms with van der Waals surface area (Å²) in [5.41, 5.74) is -1.46. The fourth-order valence-electron chi connectivity index (χ4n) is 1.89. The second-order valence-corrected chi connectivity index (χ2v) is 4.61. The van der Waals surface area contributed by atoms with Crippen LogP contribution in [0.2, 0.25) is 0 Å². The summed E-state index contributed by atoms with van der Waals surface area (Å²) in [5, 5.41) is 9.11. The normalized spacial score (nSPS) is 10.8. The van der Waals surface area contributed by atoms with Crippen LogP contribution in [0.1, 0.15) is 30.2 Å². The minimum absolute atomic E-state index is 0.254. The van der Waals surface area contributed by atoms with E-state index in [1.807, 2.05) is 0 Å². The maximum absolute atomic E-state index is 12.3. The number of hydrogen-bond donors (Lipinski definition) is 1. The fraction of sp³-hybridized carbons (Fsp3) is 0.214. The van der Waals surface area contributed by atoms with Crippen LogP contribution in [0.5, 0.6) is 0 Å². The monoisotopic (exact) mass is 274 g/mol. The van der Waals surface area contributed by atoms with Crippen LogP contribution in [0, 0.1) is 0 Å². The molecule has 0 atom stereocenters. The second-order valence-electron chi connectivity index (χ2n) is 4.61. The van der Waals surface area contributed by atoms with E-state index in [0.29, 0.717) is 5.69 Å². The van der Waals surface area contributed by atoms with E-state index >= 15 is 0 Å². The molecule has 2 aromatic rings. The van der Waals surface area contributed by atoms with Crippen molar-refractivity contribution < 1.29 is 9.90 Å². The van der Waals surface area contributed by atoms with E-state index in [9.17, 15) is 14.4 Å². The lowest BCUT2D eigenvalue weighted by molar-refractivity contribution is 0.0693. The highest BCUT2D eigenvalue weighted by Crippen LogP contribution is 2.05. The van der Waals surface area contributed by atoms with Crippen molar-refractivity contribution in [2.24, 2.45) is 0 Å². The average Bonchev–Trinajstić information content (AvgIpc) is 2.39. The maximum atomic E-state index is 12.3. The standard InChI is InChI=1S/C14H14N2O4/c1-9(2)15-8-11(13(18)19)12(17)16(14(15)20)10-6-4-3-5-7-10/h3-9H,1-2H3,(H,18,19). The van der Waals surface area contributed by atoms with Crippen LogP contribution >= 0.6 is 0 Å². The lowest BCUT2D eigenvalue weighted by Crippen LogP contribution is -2.41. The number of aromatic nitrogens is 2. The molecule has 0 fully saturated rings. The molecule has 6 heteroatoms. The van der Waals surface area contributed by atoms with Crippen LogP contribution in [0.4, 0.5) is 0 Å². The number of benzene rings is 1. The molecule has 1 N–H and O–H groups in total. The van der Waals surface area contributed by atoms with E-state index in [0.717, 1.165) is 10.8 Å². The summed E-state index contributed by atoms with van der Waals surface area (Å²) in [7, 11) is 0. The lowest BCUT2D eigenvalue weighted by Gasteiger charge is -2.14. The quantitative estimate of drug-likeness (QED) is 0.914. The Bertz CT molecular complexity index is 757. The molecule has 1 aromatic heterocycles. The Balaban J connectivity index is 2.90. The first kappa shape index (κ1) is 13.8. The number of carboxylic acids is 1. The van der Waals surface area contributed by atoms with Gasteiger partial charge in [-0.05, 0) is 26.0 Å². The van der Waals surface area contributed by atoms with Gasteiger partial charge in [-0.3, -0.25) is 9.36 Å². The van der Waals surface area contributed by atoms with E-state index in [-0.39, 0.29) is 6.04 Å². The minimum atomic E-state index is -1.35. The fourth-order valence-corrected chi connectivity index (χ4v) is 1.89. The third-order valence-corrected chi connectivity index (χ3v) is 2.91. The first-order chi connectivity index (χ1) is 9.43. The van der Waals surface area contributed by atoms with Crippen LogP contribution in [-0.4, -0.2) is 20.2 Å². The van der Waals surface area contributed by atoms with Gasteiger partial charge < -0.3 is 5.11 Å². The molecule has 0 radical (unpaired) electrons. The van der Waals surface area contributed by atoms with Crippen LogP contribution in [-0.2, 0) is 0 Å². The molecule has 0 spiro atoms. The van der Waals surface area contributed by atoms with Crippen molar-refractivity contribution in [1.82, 2.24) is 9.13 Å². The number of rotatable bonds is 3. The molecule has 0 aliphatic carbocycles. The van der Waals surface area contributed by atoms with Gasteiger partial charge in [-0.1, -0.05) is 18.2 Å². The Morgan fingerprint density at radius 3 is 2.25 bits per heavy atom. The van der Waals surface area contributed by atoms with Crippen LogP contribution in [0.25, 0.3) is 5.69 Å². The predicted molar refractivity (Wildman–Crippen MR) is 73.6 cm³/mol. The summed E-state index contributed by atoms with van der Waals surface area (Å²) in [5.74, 6) is -1.35. The molecule has 0 aliphatic heterocycles. The molecule has 104 valence electrons. The third kappa shape index (κ3) is 2.27. The smallest absolute Gasteiger partial charge is 0.342 e. The van der Waals surface area contributed by atoms with Crippen molar-refractivity contribution in [3.63, 3.8) is 0 Å². The first-order valence-corrected chi connectivity index (χ1v) is 6.10. The second kappa shape index (κ2) is 5.16. The van der Waals surface area contributed by atoms with E-state index in [1.54, 1.807) is 44.2 Å². The van der Waals surface area contributed by atoms with E-state index in [4.69, 9.17) is 5.11 Å². The molecule has 1 aromatic carbocycles. The van der Waals surface area contributed by atoms with Gasteiger partial charge in [0.25, 0.3) is 5.56 Å². The van der Waals surface area contributed by atoms with Gasteiger partial charge in [-0.15, -0.1) is 0 Å². The zero-order valence-electron chi connectivity index (χ0n) is 11.1. The number of carboxylic acid groups (broad SMARTS) is 1. The third-order valence-electron chi connectivity index (χ3n) is 2.91. The van der Waals surface area contributed by atoms with E-state index in [2.05, 4.69) is 0 Å². The summed E-state index contributed by atoms with van der Waals surface area (Å²) in [4.78, 5) is 35.7. The Morgan fingerprint density at radius 1 is 1.15 bits per heavy atom. The van der Waals surface area contributed by atoms with Gasteiger partial charge in [0.1, 0.15) is 5.56 Å². The van der Waals surface area contributed by atoms with Gasteiger partial charge in [-0.2, -0.15) is 0 Å². The van der Waals surface area contributed by atoms with Crippen molar-refractivity contribution >= 4 is 5.97 Å². The lowest BCUT2D eigenvalue weighted by atomic mass is 10.2. The molecule has 20 heavy (non-hydrogen) atoms. The summed E-state index contributed by atoms with van der Waals surface area (Å²) in [6.07, 6.45) is 1.09. The Labute approximate surface area is 114 Å². The molecule has 0 amide bonds. The molecule has 0 unspecified atom stereocenters. The molecule has 0 bridgehead atoms. The number of para-hydroxylation sites is 1. The Hall–Kier alpha value is -2.63. The van der Waals surface area contributed by atoms with Crippen LogP contribution in [0.3, 0.4) is 0 Å². The van der Waals surface area contributed by atoms with Crippen molar-refractivity contribution in [3.05, 3.63) is 62.9 Å². The van der Waals surface area contributed by atoms with Gasteiger partial charge in [0.15, 0.2) is 0 Å².